The molecule has 5 nitrogen and oxygen atoms in total. The molecule has 2 aromatic rings. The summed E-state index contributed by atoms with van der Waals surface area (Å²) in [6, 6.07) is 14.8. The summed E-state index contributed by atoms with van der Waals surface area (Å²) >= 11 is 0. The van der Waals surface area contributed by atoms with Crippen LogP contribution < -0.4 is 9.64 Å². The Kier molecular flexibility index (Phi) is 5.07. The van der Waals surface area contributed by atoms with Crippen molar-refractivity contribution in [2.75, 3.05) is 25.1 Å². The Labute approximate surface area is 153 Å². The van der Waals surface area contributed by atoms with E-state index in [1.165, 1.54) is 11.0 Å². The summed E-state index contributed by atoms with van der Waals surface area (Å²) < 4.78 is 5.78. The van der Waals surface area contributed by atoms with Crippen molar-refractivity contribution >= 4 is 17.5 Å². The van der Waals surface area contributed by atoms with Gasteiger partial charge in [0.15, 0.2) is 0 Å². The van der Waals surface area contributed by atoms with Crippen molar-refractivity contribution in [1.82, 2.24) is 4.90 Å². The van der Waals surface area contributed by atoms with Gasteiger partial charge in [-0.15, -0.1) is 0 Å². The first-order valence-corrected chi connectivity index (χ1v) is 8.56. The number of anilines is 1. The van der Waals surface area contributed by atoms with E-state index in [2.05, 4.69) is 6.58 Å². The normalized spacial score (nSPS) is 16.1. The van der Waals surface area contributed by atoms with Crippen molar-refractivity contribution in [2.45, 2.75) is 13.0 Å². The Morgan fingerprint density at radius 1 is 1.19 bits per heavy atom. The van der Waals surface area contributed by atoms with Crippen molar-refractivity contribution in [1.29, 1.82) is 0 Å². The van der Waals surface area contributed by atoms with Gasteiger partial charge in [-0.05, 0) is 43.3 Å². The maximum absolute atomic E-state index is 13.0. The number of fused-ring (bicyclic) bond motifs is 1. The number of carbonyl (C=O) groups is 2. The molecule has 134 valence electrons. The van der Waals surface area contributed by atoms with Crippen molar-refractivity contribution < 1.29 is 14.3 Å². The molecule has 1 aliphatic rings. The molecule has 1 aliphatic heterocycles. The highest BCUT2D eigenvalue weighted by atomic mass is 16.5. The van der Waals surface area contributed by atoms with Gasteiger partial charge < -0.3 is 14.5 Å². The van der Waals surface area contributed by atoms with E-state index in [0.717, 1.165) is 11.3 Å². The number of para-hydroxylation sites is 1. The molecule has 0 bridgehead atoms. The predicted octanol–water partition coefficient (Wildman–Crippen LogP) is 3.43. The van der Waals surface area contributed by atoms with Crippen LogP contribution in [-0.4, -0.2) is 36.9 Å². The summed E-state index contributed by atoms with van der Waals surface area (Å²) in [6.45, 7) is 6.48. The summed E-state index contributed by atoms with van der Waals surface area (Å²) in [6.07, 6.45) is 1.26. The molecule has 0 fully saturated rings. The first kappa shape index (κ1) is 17.7. The number of amides is 2. The van der Waals surface area contributed by atoms with Gasteiger partial charge in [-0.1, -0.05) is 24.8 Å². The van der Waals surface area contributed by atoms with E-state index in [9.17, 15) is 9.59 Å². The van der Waals surface area contributed by atoms with E-state index >= 15 is 0 Å². The fraction of sp³-hybridized carbons (Fsp3) is 0.238. The van der Waals surface area contributed by atoms with Crippen LogP contribution in [0.15, 0.2) is 61.2 Å². The molecular formula is C21H22N2O3. The third-order valence-corrected chi connectivity index (χ3v) is 4.69. The second-order valence-electron chi connectivity index (χ2n) is 6.21. The lowest BCUT2D eigenvalue weighted by Crippen LogP contribution is -2.35. The number of carbonyl (C=O) groups excluding carboxylic acids is 2. The average Bonchev–Trinajstić information content (AvgIpc) is 2.85. The lowest BCUT2D eigenvalue weighted by atomic mass is 10.0. The van der Waals surface area contributed by atoms with Crippen LogP contribution in [-0.2, 0) is 4.79 Å². The van der Waals surface area contributed by atoms with Crippen molar-refractivity contribution in [2.24, 2.45) is 0 Å². The standard InChI is InChI=1S/C21H22N2O3/c1-4-20(24)22(3)17-11-9-16(10-12-17)21(25)23-13-14-26-19-8-6-5-7-18(19)15(23)2/h4-12,15H,1,13-14H2,2-3H3. The molecule has 1 unspecified atom stereocenters. The van der Waals surface area contributed by atoms with Gasteiger partial charge in [0.1, 0.15) is 12.4 Å². The molecule has 26 heavy (non-hydrogen) atoms. The van der Waals surface area contributed by atoms with Gasteiger partial charge in [0, 0.05) is 23.9 Å². The molecule has 2 amide bonds. The van der Waals surface area contributed by atoms with E-state index < -0.39 is 0 Å². The third kappa shape index (κ3) is 3.33. The summed E-state index contributed by atoms with van der Waals surface area (Å²) in [5, 5.41) is 0. The smallest absolute Gasteiger partial charge is 0.254 e. The van der Waals surface area contributed by atoms with Gasteiger partial charge in [0.05, 0.1) is 12.6 Å². The van der Waals surface area contributed by atoms with Gasteiger partial charge in [-0.3, -0.25) is 9.59 Å². The van der Waals surface area contributed by atoms with E-state index in [1.54, 1.807) is 31.3 Å². The largest absolute Gasteiger partial charge is 0.491 e. The predicted molar refractivity (Wildman–Crippen MR) is 101 cm³/mol. The molecule has 5 heteroatoms. The SMILES string of the molecule is C=CC(=O)N(C)c1ccc(C(=O)N2CCOc3ccccc3C2C)cc1. The number of hydrogen-bond acceptors (Lipinski definition) is 3. The third-order valence-electron chi connectivity index (χ3n) is 4.69. The van der Waals surface area contributed by atoms with E-state index in [4.69, 9.17) is 4.74 Å². The Morgan fingerprint density at radius 3 is 2.58 bits per heavy atom. The highest BCUT2D eigenvalue weighted by Gasteiger charge is 2.27. The molecule has 0 saturated heterocycles. The summed E-state index contributed by atoms with van der Waals surface area (Å²) in [4.78, 5) is 28.0. The van der Waals surface area contributed by atoms with E-state index in [1.807, 2.05) is 36.1 Å². The second kappa shape index (κ2) is 7.44. The van der Waals surface area contributed by atoms with Crippen LogP contribution in [0.3, 0.4) is 0 Å². The minimum absolute atomic E-state index is 0.0537. The minimum Gasteiger partial charge on any atom is -0.491 e. The molecule has 0 N–H and O–H groups in total. The quantitative estimate of drug-likeness (QED) is 0.797. The Morgan fingerprint density at radius 2 is 1.88 bits per heavy atom. The molecule has 2 aromatic carbocycles. The minimum atomic E-state index is -0.195. The van der Waals surface area contributed by atoms with Crippen LogP contribution in [0.1, 0.15) is 28.9 Å². The number of ether oxygens (including phenoxy) is 1. The summed E-state index contributed by atoms with van der Waals surface area (Å²) in [7, 11) is 1.67. The molecular weight excluding hydrogens is 328 g/mol. The lowest BCUT2D eigenvalue weighted by molar-refractivity contribution is -0.113. The zero-order chi connectivity index (χ0) is 18.7. The molecule has 1 heterocycles. The van der Waals surface area contributed by atoms with Crippen LogP contribution in [0, 0.1) is 0 Å². The van der Waals surface area contributed by atoms with Crippen LogP contribution in [0.2, 0.25) is 0 Å². The molecule has 0 spiro atoms. The Bertz CT molecular complexity index is 829. The van der Waals surface area contributed by atoms with Crippen molar-refractivity contribution in [3.05, 3.63) is 72.3 Å². The Hall–Kier alpha value is -3.08. The zero-order valence-corrected chi connectivity index (χ0v) is 15.0. The topological polar surface area (TPSA) is 49.9 Å². The van der Waals surface area contributed by atoms with Gasteiger partial charge in [-0.25, -0.2) is 0 Å². The van der Waals surface area contributed by atoms with Crippen LogP contribution in [0.4, 0.5) is 5.69 Å². The maximum Gasteiger partial charge on any atom is 0.254 e. The number of nitrogens with zero attached hydrogens (tertiary/aromatic N) is 2. The second-order valence-corrected chi connectivity index (χ2v) is 6.21. The number of hydrogen-bond donors (Lipinski definition) is 0. The monoisotopic (exact) mass is 350 g/mol. The van der Waals surface area contributed by atoms with Crippen LogP contribution >= 0.6 is 0 Å². The molecule has 1 atom stereocenters. The van der Waals surface area contributed by atoms with Gasteiger partial charge >= 0.3 is 0 Å². The molecule has 0 radical (unpaired) electrons. The van der Waals surface area contributed by atoms with Gasteiger partial charge in [-0.2, -0.15) is 0 Å². The van der Waals surface area contributed by atoms with Crippen molar-refractivity contribution in [3.8, 4) is 5.75 Å². The molecule has 0 aliphatic carbocycles. The van der Waals surface area contributed by atoms with Crippen LogP contribution in [0.5, 0.6) is 5.75 Å². The zero-order valence-electron chi connectivity index (χ0n) is 15.0. The fourth-order valence-electron chi connectivity index (χ4n) is 3.11. The van der Waals surface area contributed by atoms with Gasteiger partial charge in [0.2, 0.25) is 5.91 Å². The highest BCUT2D eigenvalue weighted by Crippen LogP contribution is 2.32. The first-order valence-electron chi connectivity index (χ1n) is 8.56. The maximum atomic E-state index is 13.0. The lowest BCUT2D eigenvalue weighted by Gasteiger charge is -2.27. The van der Waals surface area contributed by atoms with E-state index in [0.29, 0.717) is 24.4 Å². The average molecular weight is 350 g/mol. The Balaban J connectivity index is 1.83. The summed E-state index contributed by atoms with van der Waals surface area (Å²) in [5.41, 5.74) is 2.30. The number of rotatable bonds is 3. The van der Waals surface area contributed by atoms with E-state index in [-0.39, 0.29) is 17.9 Å². The highest BCUT2D eigenvalue weighted by molar-refractivity contribution is 6.01. The fourth-order valence-corrected chi connectivity index (χ4v) is 3.11. The number of likely N-dealkylation sites (N-methyl/N-ethyl adjacent to an activating group) is 1. The number of benzene rings is 2. The molecule has 3 rings (SSSR count). The van der Waals surface area contributed by atoms with Gasteiger partial charge in [0.25, 0.3) is 5.91 Å². The van der Waals surface area contributed by atoms with Crippen LogP contribution in [0.25, 0.3) is 0 Å². The molecule has 0 aromatic heterocycles. The first-order chi connectivity index (χ1) is 12.5. The van der Waals surface area contributed by atoms with Crippen molar-refractivity contribution in [3.63, 3.8) is 0 Å². The molecule has 0 saturated carbocycles. The summed E-state index contributed by atoms with van der Waals surface area (Å²) in [5.74, 6) is 0.580.